The van der Waals surface area contributed by atoms with Gasteiger partial charge in [-0.15, -0.1) is 0 Å². The molecule has 2 aliphatic rings. The second-order valence-corrected chi connectivity index (χ2v) is 9.67. The molecule has 0 spiro atoms. The van der Waals surface area contributed by atoms with E-state index in [1.807, 2.05) is 42.7 Å². The predicted octanol–water partition coefficient (Wildman–Crippen LogP) is 3.53. The van der Waals surface area contributed by atoms with Crippen molar-refractivity contribution in [3.8, 4) is 34.3 Å². The Labute approximate surface area is 216 Å². The molecule has 3 aromatic rings. The molecule has 9 heteroatoms. The highest BCUT2D eigenvalue weighted by molar-refractivity contribution is 5.94. The van der Waals surface area contributed by atoms with Gasteiger partial charge in [0, 0.05) is 44.4 Å². The minimum atomic E-state index is -0.192. The lowest BCUT2D eigenvalue weighted by Gasteiger charge is -2.26. The van der Waals surface area contributed by atoms with Crippen LogP contribution in [0.25, 0.3) is 11.3 Å². The number of phenolic OH excluding ortho intramolecular Hbond substituents is 2. The molecule has 3 N–H and O–H groups in total. The summed E-state index contributed by atoms with van der Waals surface area (Å²) in [4.78, 5) is 15.6. The van der Waals surface area contributed by atoms with Crippen LogP contribution in [0.3, 0.4) is 0 Å². The van der Waals surface area contributed by atoms with E-state index in [1.165, 1.54) is 6.07 Å². The van der Waals surface area contributed by atoms with Gasteiger partial charge in [0.2, 0.25) is 6.79 Å². The minimum Gasteiger partial charge on any atom is -0.508 e. The lowest BCUT2D eigenvalue weighted by molar-refractivity contribution is 0.0383. The van der Waals surface area contributed by atoms with Crippen molar-refractivity contribution in [1.29, 1.82) is 0 Å². The van der Waals surface area contributed by atoms with E-state index < -0.39 is 0 Å². The SMILES string of the molecule is CC(C)c1cc(-c2ccc(C(=O)NCCN3CCOCC3)n2Cc2ccc3c(c2)OCO3)c(O)cc1O. The summed E-state index contributed by atoms with van der Waals surface area (Å²) in [6.45, 7) is 8.94. The minimum absolute atomic E-state index is 0.0474. The third-order valence-electron chi connectivity index (χ3n) is 6.85. The maximum absolute atomic E-state index is 13.3. The van der Waals surface area contributed by atoms with Crippen molar-refractivity contribution in [2.24, 2.45) is 0 Å². The fourth-order valence-corrected chi connectivity index (χ4v) is 4.80. The number of ether oxygens (including phenoxy) is 3. The Morgan fingerprint density at radius 2 is 1.78 bits per heavy atom. The summed E-state index contributed by atoms with van der Waals surface area (Å²) in [6, 6.07) is 12.5. The van der Waals surface area contributed by atoms with E-state index in [0.717, 1.165) is 30.8 Å². The van der Waals surface area contributed by atoms with Crippen LogP contribution in [0.4, 0.5) is 0 Å². The molecule has 1 saturated heterocycles. The monoisotopic (exact) mass is 507 g/mol. The quantitative estimate of drug-likeness (QED) is 0.428. The summed E-state index contributed by atoms with van der Waals surface area (Å²) in [7, 11) is 0. The smallest absolute Gasteiger partial charge is 0.267 e. The number of hydrogen-bond acceptors (Lipinski definition) is 7. The van der Waals surface area contributed by atoms with E-state index >= 15 is 0 Å². The number of nitrogens with one attached hydrogen (secondary N) is 1. The van der Waals surface area contributed by atoms with Crippen LogP contribution < -0.4 is 14.8 Å². The first-order chi connectivity index (χ1) is 17.9. The average molecular weight is 508 g/mol. The number of hydrogen-bond donors (Lipinski definition) is 3. The molecule has 1 amide bonds. The molecule has 0 radical (unpaired) electrons. The zero-order valence-corrected chi connectivity index (χ0v) is 21.2. The molecule has 1 fully saturated rings. The number of nitrogens with zero attached hydrogens (tertiary/aromatic N) is 2. The van der Waals surface area contributed by atoms with Crippen LogP contribution >= 0.6 is 0 Å². The maximum Gasteiger partial charge on any atom is 0.267 e. The van der Waals surface area contributed by atoms with Crippen molar-refractivity contribution in [3.63, 3.8) is 0 Å². The van der Waals surface area contributed by atoms with Crippen molar-refractivity contribution in [2.45, 2.75) is 26.3 Å². The zero-order chi connectivity index (χ0) is 25.9. The van der Waals surface area contributed by atoms with Crippen LogP contribution in [0.5, 0.6) is 23.0 Å². The predicted molar refractivity (Wildman–Crippen MR) is 139 cm³/mol. The second-order valence-electron chi connectivity index (χ2n) is 9.67. The van der Waals surface area contributed by atoms with E-state index in [2.05, 4.69) is 10.2 Å². The first-order valence-electron chi connectivity index (χ1n) is 12.6. The zero-order valence-electron chi connectivity index (χ0n) is 21.2. The number of rotatable bonds is 8. The van der Waals surface area contributed by atoms with Gasteiger partial charge in [0.25, 0.3) is 5.91 Å². The van der Waals surface area contributed by atoms with Crippen LogP contribution in [0, 0.1) is 0 Å². The van der Waals surface area contributed by atoms with Crippen molar-refractivity contribution < 1.29 is 29.2 Å². The fourth-order valence-electron chi connectivity index (χ4n) is 4.80. The number of benzene rings is 2. The number of morpholine rings is 1. The van der Waals surface area contributed by atoms with Crippen LogP contribution in [-0.2, 0) is 11.3 Å². The Kier molecular flexibility index (Phi) is 7.25. The fraction of sp³-hybridized carbons (Fsp3) is 0.393. The van der Waals surface area contributed by atoms with Crippen LogP contribution in [0.2, 0.25) is 0 Å². The lowest BCUT2D eigenvalue weighted by Crippen LogP contribution is -2.41. The Morgan fingerprint density at radius 3 is 2.57 bits per heavy atom. The Bertz CT molecular complexity index is 1280. The highest BCUT2D eigenvalue weighted by atomic mass is 16.7. The molecule has 3 heterocycles. The molecule has 9 nitrogen and oxygen atoms in total. The molecule has 196 valence electrons. The standard InChI is InChI=1S/C28H33N3O6/c1-18(2)20-14-21(25(33)15-24(20)32)22-4-5-23(28(34)29-7-8-30-9-11-35-12-10-30)31(22)16-19-3-6-26-27(13-19)37-17-36-26/h3-6,13-15,18,32-33H,7-12,16-17H2,1-2H3,(H,29,34). The van der Waals surface area contributed by atoms with Gasteiger partial charge in [-0.3, -0.25) is 9.69 Å². The number of aromatic nitrogens is 1. The molecular formula is C28H33N3O6. The summed E-state index contributed by atoms with van der Waals surface area (Å²) in [5.74, 6) is 1.22. The normalized spacial score (nSPS) is 15.3. The summed E-state index contributed by atoms with van der Waals surface area (Å²) in [5, 5.41) is 24.2. The largest absolute Gasteiger partial charge is 0.508 e. The van der Waals surface area contributed by atoms with Gasteiger partial charge in [-0.25, -0.2) is 0 Å². The highest BCUT2D eigenvalue weighted by Gasteiger charge is 2.22. The van der Waals surface area contributed by atoms with Crippen LogP contribution in [0.1, 0.15) is 41.4 Å². The first-order valence-corrected chi connectivity index (χ1v) is 12.6. The third kappa shape index (κ3) is 5.38. The van der Waals surface area contributed by atoms with E-state index in [9.17, 15) is 15.0 Å². The average Bonchev–Trinajstić information content (AvgIpc) is 3.51. The third-order valence-corrected chi connectivity index (χ3v) is 6.85. The highest BCUT2D eigenvalue weighted by Crippen LogP contribution is 2.39. The Balaban J connectivity index is 1.46. The molecule has 2 aromatic carbocycles. The maximum atomic E-state index is 13.3. The molecule has 37 heavy (non-hydrogen) atoms. The van der Waals surface area contributed by atoms with Gasteiger partial charge in [0.1, 0.15) is 17.2 Å². The van der Waals surface area contributed by atoms with Crippen molar-refractivity contribution >= 4 is 5.91 Å². The summed E-state index contributed by atoms with van der Waals surface area (Å²) in [5.41, 5.74) is 3.35. The Morgan fingerprint density at radius 1 is 1.00 bits per heavy atom. The number of aromatic hydroxyl groups is 2. The van der Waals surface area contributed by atoms with E-state index in [0.29, 0.717) is 54.8 Å². The molecule has 0 unspecified atom stereocenters. The lowest BCUT2D eigenvalue weighted by atomic mass is 9.97. The van der Waals surface area contributed by atoms with E-state index in [-0.39, 0.29) is 30.1 Å². The Hall–Kier alpha value is -3.69. The second kappa shape index (κ2) is 10.7. The molecule has 0 saturated carbocycles. The van der Waals surface area contributed by atoms with Gasteiger partial charge < -0.3 is 34.3 Å². The van der Waals surface area contributed by atoms with E-state index in [1.54, 1.807) is 12.1 Å². The molecule has 5 rings (SSSR count). The van der Waals surface area contributed by atoms with Gasteiger partial charge in [0.05, 0.1) is 18.9 Å². The molecule has 0 bridgehead atoms. The summed E-state index contributed by atoms with van der Waals surface area (Å²) < 4.78 is 18.3. The van der Waals surface area contributed by atoms with Crippen LogP contribution in [-0.4, -0.2) is 71.8 Å². The van der Waals surface area contributed by atoms with Gasteiger partial charge in [-0.1, -0.05) is 19.9 Å². The molecule has 0 aliphatic carbocycles. The van der Waals surface area contributed by atoms with E-state index in [4.69, 9.17) is 14.2 Å². The number of fused-ring (bicyclic) bond motifs is 1. The topological polar surface area (TPSA) is 105 Å². The van der Waals surface area contributed by atoms with Gasteiger partial charge in [-0.05, 0) is 47.4 Å². The van der Waals surface area contributed by atoms with Gasteiger partial charge in [-0.2, -0.15) is 0 Å². The number of carbonyl (C=O) groups is 1. The number of carbonyl (C=O) groups excluding carboxylic acids is 1. The summed E-state index contributed by atoms with van der Waals surface area (Å²) >= 11 is 0. The number of amides is 1. The van der Waals surface area contributed by atoms with Gasteiger partial charge in [0.15, 0.2) is 11.5 Å². The van der Waals surface area contributed by atoms with Crippen LogP contribution in [0.15, 0.2) is 42.5 Å². The molecule has 1 aromatic heterocycles. The first kappa shape index (κ1) is 25.0. The van der Waals surface area contributed by atoms with Gasteiger partial charge >= 0.3 is 0 Å². The molecule has 2 aliphatic heterocycles. The summed E-state index contributed by atoms with van der Waals surface area (Å²) in [6.07, 6.45) is 0. The van der Waals surface area contributed by atoms with Crippen molar-refractivity contribution in [1.82, 2.24) is 14.8 Å². The molecule has 0 atom stereocenters. The molecular weight excluding hydrogens is 474 g/mol. The van der Waals surface area contributed by atoms with Crippen molar-refractivity contribution in [2.75, 3.05) is 46.2 Å². The number of phenols is 2. The van der Waals surface area contributed by atoms with Crippen molar-refractivity contribution in [3.05, 3.63) is 59.3 Å².